The van der Waals surface area contributed by atoms with Gasteiger partial charge < -0.3 is 5.32 Å². The van der Waals surface area contributed by atoms with Crippen LogP contribution >= 0.6 is 0 Å². The van der Waals surface area contributed by atoms with Crippen LogP contribution in [0.15, 0.2) is 17.0 Å². The topological polar surface area (TPSA) is 49.4 Å². The molecule has 5 heteroatoms. The van der Waals surface area contributed by atoms with E-state index in [0.29, 0.717) is 18.0 Å². The molecule has 1 aliphatic rings. The van der Waals surface area contributed by atoms with Gasteiger partial charge in [-0.2, -0.15) is 4.31 Å². The fraction of sp³-hybridized carbons (Fsp3) is 0.625. The van der Waals surface area contributed by atoms with E-state index in [0.717, 1.165) is 42.5 Å². The molecule has 1 N–H and O–H groups in total. The van der Waals surface area contributed by atoms with Crippen molar-refractivity contribution in [2.24, 2.45) is 0 Å². The van der Waals surface area contributed by atoms with Crippen LogP contribution < -0.4 is 5.32 Å². The van der Waals surface area contributed by atoms with Gasteiger partial charge in [0.2, 0.25) is 10.0 Å². The molecule has 118 valence electrons. The van der Waals surface area contributed by atoms with E-state index in [1.54, 1.807) is 4.31 Å². The summed E-state index contributed by atoms with van der Waals surface area (Å²) in [6, 6.07) is 3.81. The SMILES string of the molecule is CNc1cc(C)c(S(=O)(=O)N2CCCCCCC2)c(C)c1. The quantitative estimate of drug-likeness (QED) is 0.932. The molecule has 0 radical (unpaired) electrons. The average molecular weight is 310 g/mol. The number of rotatable bonds is 3. The molecule has 1 aliphatic heterocycles. The molecule has 1 aromatic carbocycles. The van der Waals surface area contributed by atoms with Gasteiger partial charge in [0.25, 0.3) is 0 Å². The van der Waals surface area contributed by atoms with E-state index >= 15 is 0 Å². The summed E-state index contributed by atoms with van der Waals surface area (Å²) in [6.45, 7) is 5.06. The predicted octanol–water partition coefficient (Wildman–Crippen LogP) is 3.30. The Morgan fingerprint density at radius 3 is 1.90 bits per heavy atom. The zero-order chi connectivity index (χ0) is 15.5. The van der Waals surface area contributed by atoms with Crippen molar-refractivity contribution in [3.63, 3.8) is 0 Å². The van der Waals surface area contributed by atoms with E-state index in [9.17, 15) is 8.42 Å². The standard InChI is InChI=1S/C16H26N2O2S/c1-13-11-15(17-3)12-14(2)16(13)21(19,20)18-9-7-5-4-6-8-10-18/h11-12,17H,4-10H2,1-3H3. The minimum absolute atomic E-state index is 0.488. The maximum absolute atomic E-state index is 13.0. The summed E-state index contributed by atoms with van der Waals surface area (Å²) in [4.78, 5) is 0.488. The van der Waals surface area contributed by atoms with Crippen LogP contribution in [0.5, 0.6) is 0 Å². The van der Waals surface area contributed by atoms with Crippen molar-refractivity contribution < 1.29 is 8.42 Å². The molecule has 0 aliphatic carbocycles. The molecule has 21 heavy (non-hydrogen) atoms. The van der Waals surface area contributed by atoms with Gasteiger partial charge in [0.15, 0.2) is 0 Å². The summed E-state index contributed by atoms with van der Waals surface area (Å²) in [7, 11) is -1.53. The minimum Gasteiger partial charge on any atom is -0.388 e. The van der Waals surface area contributed by atoms with Gasteiger partial charge in [0, 0.05) is 25.8 Å². The second-order valence-corrected chi connectivity index (χ2v) is 7.74. The molecular weight excluding hydrogens is 284 g/mol. The fourth-order valence-corrected chi connectivity index (χ4v) is 5.02. The molecule has 1 heterocycles. The largest absolute Gasteiger partial charge is 0.388 e. The predicted molar refractivity (Wildman–Crippen MR) is 87.3 cm³/mol. The smallest absolute Gasteiger partial charge is 0.243 e. The number of hydrogen-bond donors (Lipinski definition) is 1. The highest BCUT2D eigenvalue weighted by atomic mass is 32.2. The summed E-state index contributed by atoms with van der Waals surface area (Å²) < 4.78 is 27.7. The molecule has 0 aromatic heterocycles. The van der Waals surface area contributed by atoms with Gasteiger partial charge in [0.05, 0.1) is 4.90 Å². The average Bonchev–Trinajstić information content (AvgIpc) is 2.36. The molecule has 1 fully saturated rings. The van der Waals surface area contributed by atoms with Crippen molar-refractivity contribution in [1.82, 2.24) is 4.31 Å². The van der Waals surface area contributed by atoms with Crippen LogP contribution in [0.1, 0.15) is 43.2 Å². The maximum atomic E-state index is 13.0. The number of hydrogen-bond acceptors (Lipinski definition) is 3. The summed E-state index contributed by atoms with van der Waals surface area (Å²) in [5, 5.41) is 3.08. The number of benzene rings is 1. The van der Waals surface area contributed by atoms with Crippen molar-refractivity contribution >= 4 is 15.7 Å². The first-order chi connectivity index (χ1) is 9.96. The van der Waals surface area contributed by atoms with Crippen LogP contribution in [0, 0.1) is 13.8 Å². The monoisotopic (exact) mass is 310 g/mol. The molecule has 0 saturated carbocycles. The first-order valence-corrected chi connectivity index (χ1v) is 9.20. The maximum Gasteiger partial charge on any atom is 0.243 e. The third kappa shape index (κ3) is 3.58. The molecule has 0 amide bonds. The Morgan fingerprint density at radius 2 is 1.43 bits per heavy atom. The zero-order valence-corrected chi connectivity index (χ0v) is 14.1. The number of anilines is 1. The van der Waals surface area contributed by atoms with Gasteiger partial charge in [-0.3, -0.25) is 0 Å². The Bertz CT molecular complexity index is 565. The van der Waals surface area contributed by atoms with Crippen LogP contribution in [0.25, 0.3) is 0 Å². The van der Waals surface area contributed by atoms with E-state index in [4.69, 9.17) is 0 Å². The second-order valence-electron chi connectivity index (χ2n) is 5.86. The summed E-state index contributed by atoms with van der Waals surface area (Å²) in [5.41, 5.74) is 2.60. The first kappa shape index (κ1) is 16.3. The zero-order valence-electron chi connectivity index (χ0n) is 13.3. The molecule has 2 rings (SSSR count). The van der Waals surface area contributed by atoms with Crippen molar-refractivity contribution in [1.29, 1.82) is 0 Å². The molecule has 1 saturated heterocycles. The van der Waals surface area contributed by atoms with Gasteiger partial charge >= 0.3 is 0 Å². The van der Waals surface area contributed by atoms with Gasteiger partial charge in [-0.05, 0) is 49.9 Å². The van der Waals surface area contributed by atoms with Crippen LogP contribution in [-0.4, -0.2) is 32.9 Å². The van der Waals surface area contributed by atoms with Gasteiger partial charge in [-0.25, -0.2) is 8.42 Å². The first-order valence-electron chi connectivity index (χ1n) is 7.76. The second kappa shape index (κ2) is 6.79. The van der Waals surface area contributed by atoms with E-state index in [-0.39, 0.29) is 0 Å². The molecule has 1 aromatic rings. The van der Waals surface area contributed by atoms with E-state index in [1.807, 2.05) is 33.0 Å². The minimum atomic E-state index is -3.38. The highest BCUT2D eigenvalue weighted by Crippen LogP contribution is 2.28. The van der Waals surface area contributed by atoms with Crippen LogP contribution in [0.3, 0.4) is 0 Å². The molecule has 0 bridgehead atoms. The molecule has 0 unspecified atom stereocenters. The van der Waals surface area contributed by atoms with E-state index in [1.165, 1.54) is 6.42 Å². The number of sulfonamides is 1. The fourth-order valence-electron chi connectivity index (χ4n) is 3.09. The highest BCUT2D eigenvalue weighted by molar-refractivity contribution is 7.89. The van der Waals surface area contributed by atoms with Crippen LogP contribution in [0.4, 0.5) is 5.69 Å². The Hall–Kier alpha value is -1.07. The van der Waals surface area contributed by atoms with Crippen LogP contribution in [0.2, 0.25) is 0 Å². The Balaban J connectivity index is 2.38. The highest BCUT2D eigenvalue weighted by Gasteiger charge is 2.27. The van der Waals surface area contributed by atoms with Crippen molar-refractivity contribution in [3.8, 4) is 0 Å². The van der Waals surface area contributed by atoms with Crippen LogP contribution in [-0.2, 0) is 10.0 Å². The lowest BCUT2D eigenvalue weighted by atomic mass is 10.1. The third-order valence-electron chi connectivity index (χ3n) is 4.16. The lowest BCUT2D eigenvalue weighted by molar-refractivity contribution is 0.364. The third-order valence-corrected chi connectivity index (χ3v) is 6.37. The summed E-state index contributed by atoms with van der Waals surface area (Å²) in [5.74, 6) is 0. The molecule has 0 spiro atoms. The van der Waals surface area contributed by atoms with E-state index in [2.05, 4.69) is 5.32 Å². The van der Waals surface area contributed by atoms with Crippen molar-refractivity contribution in [3.05, 3.63) is 23.3 Å². The summed E-state index contributed by atoms with van der Waals surface area (Å²) in [6.07, 6.45) is 5.41. The molecule has 4 nitrogen and oxygen atoms in total. The normalized spacial score (nSPS) is 18.0. The Kier molecular flexibility index (Phi) is 5.27. The molecular formula is C16H26N2O2S. The number of aryl methyl sites for hydroxylation is 2. The van der Waals surface area contributed by atoms with Crippen molar-refractivity contribution in [2.45, 2.75) is 50.8 Å². The summed E-state index contributed by atoms with van der Waals surface area (Å²) >= 11 is 0. The Morgan fingerprint density at radius 1 is 0.952 bits per heavy atom. The van der Waals surface area contributed by atoms with Gasteiger partial charge in [0.1, 0.15) is 0 Å². The van der Waals surface area contributed by atoms with Gasteiger partial charge in [-0.1, -0.05) is 19.3 Å². The van der Waals surface area contributed by atoms with E-state index < -0.39 is 10.0 Å². The lowest BCUT2D eigenvalue weighted by Crippen LogP contribution is -2.34. The Labute approximate surface area is 128 Å². The van der Waals surface area contributed by atoms with Crippen molar-refractivity contribution in [2.75, 3.05) is 25.5 Å². The lowest BCUT2D eigenvalue weighted by Gasteiger charge is -2.26. The van der Waals surface area contributed by atoms with Gasteiger partial charge in [-0.15, -0.1) is 0 Å². The number of nitrogens with one attached hydrogen (secondary N) is 1. The molecule has 0 atom stereocenters. The number of nitrogens with zero attached hydrogens (tertiary/aromatic N) is 1.